The maximum absolute atomic E-state index is 13.7. The van der Waals surface area contributed by atoms with Crippen LogP contribution >= 0.6 is 11.3 Å². The highest BCUT2D eigenvalue weighted by Crippen LogP contribution is 2.34. The lowest BCUT2D eigenvalue weighted by atomic mass is 10.0. The zero-order valence-corrected chi connectivity index (χ0v) is 22.4. The molecule has 1 N–H and O–H groups in total. The van der Waals surface area contributed by atoms with Crippen molar-refractivity contribution in [2.75, 3.05) is 31.6 Å². The maximum Gasteiger partial charge on any atom is 0.322 e. The van der Waals surface area contributed by atoms with E-state index in [9.17, 15) is 14.0 Å². The van der Waals surface area contributed by atoms with Gasteiger partial charge in [0.05, 0.1) is 6.04 Å². The fourth-order valence-corrected chi connectivity index (χ4v) is 5.27. The molecule has 1 aliphatic rings. The van der Waals surface area contributed by atoms with Gasteiger partial charge in [-0.1, -0.05) is 31.5 Å². The van der Waals surface area contributed by atoms with Crippen LogP contribution in [0.25, 0.3) is 0 Å². The largest absolute Gasteiger partial charge is 0.491 e. The van der Waals surface area contributed by atoms with Crippen LogP contribution in [0.2, 0.25) is 0 Å². The summed E-state index contributed by atoms with van der Waals surface area (Å²) in [5.74, 6) is 0.497. The molecule has 196 valence electrons. The first-order chi connectivity index (χ1) is 17.8. The van der Waals surface area contributed by atoms with Gasteiger partial charge in [-0.15, -0.1) is 11.3 Å². The zero-order valence-electron chi connectivity index (χ0n) is 21.6. The molecule has 8 heteroatoms. The van der Waals surface area contributed by atoms with Gasteiger partial charge >= 0.3 is 6.03 Å². The molecule has 1 aliphatic heterocycles. The Morgan fingerprint density at radius 1 is 1.14 bits per heavy atom. The predicted molar refractivity (Wildman–Crippen MR) is 146 cm³/mol. The number of anilines is 1. The monoisotopic (exact) mass is 523 g/mol. The van der Waals surface area contributed by atoms with E-state index in [1.807, 2.05) is 47.5 Å². The van der Waals surface area contributed by atoms with E-state index < -0.39 is 0 Å². The number of thiophene rings is 1. The molecule has 1 aromatic heterocycles. The minimum Gasteiger partial charge on any atom is -0.491 e. The van der Waals surface area contributed by atoms with Crippen LogP contribution in [0.4, 0.5) is 14.9 Å². The molecule has 0 fully saturated rings. The van der Waals surface area contributed by atoms with Crippen molar-refractivity contribution in [3.63, 3.8) is 0 Å². The lowest BCUT2D eigenvalue weighted by Crippen LogP contribution is -2.49. The number of nitrogens with zero attached hydrogens (tertiary/aromatic N) is 2. The average Bonchev–Trinajstić information content (AvgIpc) is 3.36. The van der Waals surface area contributed by atoms with Gasteiger partial charge in [-0.3, -0.25) is 4.79 Å². The highest BCUT2D eigenvalue weighted by Gasteiger charge is 2.33. The molecule has 0 aliphatic carbocycles. The van der Waals surface area contributed by atoms with Gasteiger partial charge in [0.15, 0.2) is 0 Å². The van der Waals surface area contributed by atoms with Crippen LogP contribution in [-0.2, 0) is 11.2 Å². The Bertz CT molecular complexity index is 1190. The smallest absolute Gasteiger partial charge is 0.322 e. The Morgan fingerprint density at radius 3 is 2.57 bits per heavy atom. The van der Waals surface area contributed by atoms with E-state index in [1.165, 1.54) is 17.0 Å². The minimum atomic E-state index is -0.327. The van der Waals surface area contributed by atoms with E-state index in [2.05, 4.69) is 19.2 Å². The van der Waals surface area contributed by atoms with Gasteiger partial charge in [0, 0.05) is 23.7 Å². The van der Waals surface area contributed by atoms with Crippen LogP contribution in [0.5, 0.6) is 5.75 Å². The van der Waals surface area contributed by atoms with Crippen molar-refractivity contribution in [3.8, 4) is 5.75 Å². The summed E-state index contributed by atoms with van der Waals surface area (Å²) in [7, 11) is 0. The summed E-state index contributed by atoms with van der Waals surface area (Å²) in [5, 5.41) is 4.97. The lowest BCUT2D eigenvalue weighted by molar-refractivity contribution is -0.135. The molecule has 1 atom stereocenters. The molecule has 6 nitrogen and oxygen atoms in total. The molecule has 3 amide bonds. The van der Waals surface area contributed by atoms with Crippen molar-refractivity contribution in [2.24, 2.45) is 5.92 Å². The van der Waals surface area contributed by atoms with Crippen LogP contribution in [0.3, 0.4) is 0 Å². The molecule has 37 heavy (non-hydrogen) atoms. The predicted octanol–water partition coefficient (Wildman–Crippen LogP) is 6.28. The minimum absolute atomic E-state index is 0.0169. The molecule has 4 rings (SSSR count). The molecule has 0 radical (unpaired) electrons. The van der Waals surface area contributed by atoms with E-state index in [-0.39, 0.29) is 36.9 Å². The normalized spacial score (nSPS) is 14.8. The molecular weight excluding hydrogens is 489 g/mol. The third kappa shape index (κ3) is 7.10. The maximum atomic E-state index is 13.7. The highest BCUT2D eigenvalue weighted by atomic mass is 32.1. The number of benzene rings is 2. The summed E-state index contributed by atoms with van der Waals surface area (Å²) in [6.45, 7) is 7.47. The van der Waals surface area contributed by atoms with E-state index in [1.54, 1.807) is 28.4 Å². The Morgan fingerprint density at radius 2 is 1.86 bits per heavy atom. The summed E-state index contributed by atoms with van der Waals surface area (Å²) in [6.07, 6.45) is 1.56. The molecule has 1 unspecified atom stereocenters. The highest BCUT2D eigenvalue weighted by molar-refractivity contribution is 7.10. The van der Waals surface area contributed by atoms with E-state index in [4.69, 9.17) is 4.74 Å². The molecule has 0 spiro atoms. The molecule has 2 aromatic carbocycles. The Labute approximate surface area is 222 Å². The molecule has 2 heterocycles. The van der Waals surface area contributed by atoms with Gasteiger partial charge in [-0.2, -0.15) is 0 Å². The first-order valence-electron chi connectivity index (χ1n) is 12.7. The number of amides is 3. The summed E-state index contributed by atoms with van der Waals surface area (Å²) in [5.41, 5.74) is 2.88. The number of fused-ring (bicyclic) bond motifs is 1. The number of hydrogen-bond acceptors (Lipinski definition) is 4. The zero-order chi connectivity index (χ0) is 26.4. The van der Waals surface area contributed by atoms with Crippen LogP contribution in [0, 0.1) is 18.7 Å². The van der Waals surface area contributed by atoms with Crippen molar-refractivity contribution < 1.29 is 18.7 Å². The fourth-order valence-electron chi connectivity index (χ4n) is 4.34. The Hall–Kier alpha value is -3.39. The number of ether oxygens (including phenoxy) is 1. The molecule has 3 aromatic rings. The number of halogens is 1. The Balaban J connectivity index is 1.48. The first kappa shape index (κ1) is 26.7. The third-order valence-electron chi connectivity index (χ3n) is 6.53. The number of urea groups is 1. The topological polar surface area (TPSA) is 61.9 Å². The van der Waals surface area contributed by atoms with Crippen molar-refractivity contribution in [1.29, 1.82) is 0 Å². The van der Waals surface area contributed by atoms with E-state index in [0.717, 1.165) is 24.0 Å². The van der Waals surface area contributed by atoms with Gasteiger partial charge in [-0.05, 0) is 79.1 Å². The second-order valence-corrected chi connectivity index (χ2v) is 10.8. The van der Waals surface area contributed by atoms with Crippen molar-refractivity contribution in [1.82, 2.24) is 9.80 Å². The lowest BCUT2D eigenvalue weighted by Gasteiger charge is -2.37. The van der Waals surface area contributed by atoms with Gasteiger partial charge in [0.25, 0.3) is 0 Å². The number of aryl methyl sites for hydroxylation is 1. The molecule has 0 bridgehead atoms. The van der Waals surface area contributed by atoms with Crippen LogP contribution in [0.15, 0.2) is 60.0 Å². The SMILES string of the molecule is Cc1ccc(NC(=O)N(CCC(C)C)CC(=O)N2CCc3sccc3C2COc2ccc(F)cc2)cc1. The van der Waals surface area contributed by atoms with Crippen LogP contribution in [0.1, 0.15) is 42.3 Å². The van der Waals surface area contributed by atoms with Gasteiger partial charge < -0.3 is 19.9 Å². The van der Waals surface area contributed by atoms with Crippen LogP contribution in [-0.4, -0.2) is 48.0 Å². The molecule has 0 saturated carbocycles. The third-order valence-corrected chi connectivity index (χ3v) is 7.53. The summed E-state index contributed by atoms with van der Waals surface area (Å²) in [6, 6.07) is 15.0. The number of nitrogens with one attached hydrogen (secondary N) is 1. The van der Waals surface area contributed by atoms with Gasteiger partial charge in [0.1, 0.15) is 24.7 Å². The average molecular weight is 524 g/mol. The van der Waals surface area contributed by atoms with Crippen molar-refractivity contribution in [3.05, 3.63) is 81.8 Å². The number of carbonyl (C=O) groups excluding carboxylic acids is 2. The summed E-state index contributed by atoms with van der Waals surface area (Å²) in [4.78, 5) is 31.5. The molecule has 0 saturated heterocycles. The van der Waals surface area contributed by atoms with Crippen molar-refractivity contribution in [2.45, 2.75) is 39.7 Å². The fraction of sp³-hybridized carbons (Fsp3) is 0.379. The van der Waals surface area contributed by atoms with Gasteiger partial charge in [0.2, 0.25) is 5.91 Å². The quantitative estimate of drug-likeness (QED) is 0.359. The first-order valence-corrected chi connectivity index (χ1v) is 13.5. The van der Waals surface area contributed by atoms with E-state index in [0.29, 0.717) is 30.4 Å². The van der Waals surface area contributed by atoms with Crippen molar-refractivity contribution >= 4 is 29.0 Å². The summed E-state index contributed by atoms with van der Waals surface area (Å²) < 4.78 is 19.3. The number of rotatable bonds is 9. The van der Waals surface area contributed by atoms with Crippen LogP contribution < -0.4 is 10.1 Å². The second kappa shape index (κ2) is 12.2. The standard InChI is InChI=1S/C29H34FN3O3S/c1-20(2)12-15-32(29(35)31-23-8-4-21(3)5-9-23)18-28(34)33-16-13-27-25(14-17-37-27)26(33)19-36-24-10-6-22(30)7-11-24/h4-11,14,17,20,26H,12-13,15-16,18-19H2,1-3H3,(H,31,35). The van der Waals surface area contributed by atoms with E-state index >= 15 is 0 Å². The summed E-state index contributed by atoms with van der Waals surface area (Å²) >= 11 is 1.68. The molecular formula is C29H34FN3O3S. The Kier molecular flexibility index (Phi) is 8.82. The number of hydrogen-bond donors (Lipinski definition) is 1. The number of carbonyl (C=O) groups is 2. The second-order valence-electron chi connectivity index (χ2n) is 9.82. The van der Waals surface area contributed by atoms with Gasteiger partial charge in [-0.25, -0.2) is 9.18 Å².